The Morgan fingerprint density at radius 2 is 2.23 bits per heavy atom. The van der Waals surface area contributed by atoms with Crippen molar-refractivity contribution in [1.29, 1.82) is 0 Å². The maximum atomic E-state index is 4.51. The van der Waals surface area contributed by atoms with Crippen LogP contribution in [0.15, 0.2) is 29.3 Å². The van der Waals surface area contributed by atoms with Gasteiger partial charge in [0, 0.05) is 12.3 Å². The van der Waals surface area contributed by atoms with Gasteiger partial charge in [-0.3, -0.25) is 4.99 Å². The molecule has 74 valence electrons. The van der Waals surface area contributed by atoms with Crippen LogP contribution in [0.4, 0.5) is 0 Å². The molecule has 0 N–H and O–H groups in total. The van der Waals surface area contributed by atoms with Gasteiger partial charge in [0.1, 0.15) is 0 Å². The molecule has 0 rings (SSSR count). The molecule has 0 radical (unpaired) electrons. The number of hydrogen-bond acceptors (Lipinski definition) is 1. The fraction of sp³-hybridized carbons (Fsp3) is 0.583. The highest BCUT2D eigenvalue weighted by atomic mass is 14.8. The van der Waals surface area contributed by atoms with E-state index >= 15 is 0 Å². The average Bonchev–Trinajstić information content (AvgIpc) is 2.17. The van der Waals surface area contributed by atoms with Crippen molar-refractivity contribution in [2.45, 2.75) is 46.1 Å². The van der Waals surface area contributed by atoms with Crippen molar-refractivity contribution in [3.63, 3.8) is 0 Å². The Morgan fingerprint density at radius 1 is 1.54 bits per heavy atom. The van der Waals surface area contributed by atoms with Crippen LogP contribution in [0, 0.1) is 0 Å². The lowest BCUT2D eigenvalue weighted by atomic mass is 10.1. The van der Waals surface area contributed by atoms with Crippen molar-refractivity contribution >= 4 is 6.21 Å². The van der Waals surface area contributed by atoms with E-state index in [2.05, 4.69) is 31.5 Å². The average molecular weight is 179 g/mol. The molecular weight excluding hydrogens is 158 g/mol. The zero-order valence-corrected chi connectivity index (χ0v) is 9.09. The van der Waals surface area contributed by atoms with Crippen LogP contribution in [0.2, 0.25) is 0 Å². The van der Waals surface area contributed by atoms with Crippen molar-refractivity contribution < 1.29 is 0 Å². The molecule has 0 spiro atoms. The van der Waals surface area contributed by atoms with Crippen molar-refractivity contribution in [2.24, 2.45) is 4.99 Å². The Labute approximate surface area is 82.3 Å². The maximum Gasteiger partial charge on any atom is 0.0500 e. The summed E-state index contributed by atoms with van der Waals surface area (Å²) in [6.45, 7) is 10.00. The zero-order chi connectivity index (χ0) is 10.1. The summed E-state index contributed by atoms with van der Waals surface area (Å²) in [6, 6.07) is 0.466. The molecule has 0 amide bonds. The summed E-state index contributed by atoms with van der Waals surface area (Å²) in [5, 5.41) is 0. The predicted octanol–water partition coefficient (Wildman–Crippen LogP) is 3.77. The third-order valence-electron chi connectivity index (χ3n) is 2.12. The molecule has 0 aliphatic rings. The first-order valence-corrected chi connectivity index (χ1v) is 5.01. The number of aliphatic imine (C=N–C) groups is 1. The minimum atomic E-state index is 0.466. The van der Waals surface area contributed by atoms with Crippen LogP contribution >= 0.6 is 0 Å². The van der Waals surface area contributed by atoms with E-state index in [-0.39, 0.29) is 0 Å². The minimum Gasteiger partial charge on any atom is -0.290 e. The number of allylic oxidation sites excluding steroid dienone is 3. The zero-order valence-electron chi connectivity index (χ0n) is 9.09. The van der Waals surface area contributed by atoms with E-state index in [1.54, 1.807) is 0 Å². The van der Waals surface area contributed by atoms with Crippen LogP contribution in [-0.2, 0) is 0 Å². The Morgan fingerprint density at radius 3 is 2.69 bits per heavy atom. The molecule has 0 aromatic heterocycles. The molecule has 0 aromatic carbocycles. The first-order chi connectivity index (χ1) is 6.24. The SMILES string of the molecule is C=CCCC(CC)N=C/C(C)=C\C. The van der Waals surface area contributed by atoms with Crippen LogP contribution in [0.5, 0.6) is 0 Å². The monoisotopic (exact) mass is 179 g/mol. The highest BCUT2D eigenvalue weighted by molar-refractivity contribution is 5.77. The lowest BCUT2D eigenvalue weighted by Gasteiger charge is -2.07. The quantitative estimate of drug-likeness (QED) is 0.435. The Bertz CT molecular complexity index is 189. The Hall–Kier alpha value is -0.850. The topological polar surface area (TPSA) is 12.4 Å². The standard InChI is InChI=1S/C12H21N/c1-5-8-9-12(7-3)13-10-11(4)6-2/h5-6,10,12H,1,7-9H2,2-4H3/b11-6-,13-10?. The summed E-state index contributed by atoms with van der Waals surface area (Å²) >= 11 is 0. The molecule has 0 heterocycles. The van der Waals surface area contributed by atoms with Gasteiger partial charge >= 0.3 is 0 Å². The molecule has 1 nitrogen and oxygen atoms in total. The second kappa shape index (κ2) is 7.78. The molecule has 0 saturated heterocycles. The second-order valence-electron chi connectivity index (χ2n) is 3.24. The summed E-state index contributed by atoms with van der Waals surface area (Å²) in [5.41, 5.74) is 1.23. The highest BCUT2D eigenvalue weighted by Gasteiger charge is 2.00. The molecule has 0 bridgehead atoms. The Kier molecular flexibility index (Phi) is 7.27. The number of nitrogens with zero attached hydrogens (tertiary/aromatic N) is 1. The molecule has 0 aliphatic carbocycles. The van der Waals surface area contributed by atoms with E-state index in [1.165, 1.54) is 5.57 Å². The smallest absolute Gasteiger partial charge is 0.0500 e. The van der Waals surface area contributed by atoms with Gasteiger partial charge in [0.05, 0.1) is 0 Å². The van der Waals surface area contributed by atoms with Gasteiger partial charge in [0.2, 0.25) is 0 Å². The van der Waals surface area contributed by atoms with Gasteiger partial charge in [-0.2, -0.15) is 0 Å². The van der Waals surface area contributed by atoms with Crippen molar-refractivity contribution in [1.82, 2.24) is 0 Å². The van der Waals surface area contributed by atoms with Gasteiger partial charge < -0.3 is 0 Å². The third kappa shape index (κ3) is 6.32. The molecule has 0 aromatic rings. The van der Waals surface area contributed by atoms with Gasteiger partial charge in [0.25, 0.3) is 0 Å². The van der Waals surface area contributed by atoms with Gasteiger partial charge in [-0.1, -0.05) is 19.1 Å². The van der Waals surface area contributed by atoms with E-state index in [0.717, 1.165) is 19.3 Å². The highest BCUT2D eigenvalue weighted by Crippen LogP contribution is 2.06. The fourth-order valence-corrected chi connectivity index (χ4v) is 0.992. The summed E-state index contributed by atoms with van der Waals surface area (Å²) in [7, 11) is 0. The van der Waals surface area contributed by atoms with Crippen molar-refractivity contribution in [3.8, 4) is 0 Å². The van der Waals surface area contributed by atoms with E-state index < -0.39 is 0 Å². The minimum absolute atomic E-state index is 0.466. The van der Waals surface area contributed by atoms with Crippen LogP contribution in [-0.4, -0.2) is 12.3 Å². The van der Waals surface area contributed by atoms with Gasteiger partial charge in [-0.25, -0.2) is 0 Å². The molecule has 0 fully saturated rings. The molecule has 1 atom stereocenters. The summed E-state index contributed by atoms with van der Waals surface area (Å²) in [4.78, 5) is 4.51. The van der Waals surface area contributed by atoms with Gasteiger partial charge in [-0.05, 0) is 38.7 Å². The van der Waals surface area contributed by atoms with Crippen molar-refractivity contribution in [3.05, 3.63) is 24.3 Å². The normalized spacial score (nSPS) is 14.8. The van der Waals surface area contributed by atoms with Crippen LogP contribution in [0.1, 0.15) is 40.0 Å². The molecule has 1 unspecified atom stereocenters. The third-order valence-corrected chi connectivity index (χ3v) is 2.12. The first kappa shape index (κ1) is 12.2. The Balaban J connectivity index is 3.95. The second-order valence-corrected chi connectivity index (χ2v) is 3.24. The predicted molar refractivity (Wildman–Crippen MR) is 61.4 cm³/mol. The lowest BCUT2D eigenvalue weighted by molar-refractivity contribution is 0.607. The van der Waals surface area contributed by atoms with Crippen molar-refractivity contribution in [2.75, 3.05) is 0 Å². The fourth-order valence-electron chi connectivity index (χ4n) is 0.992. The molecule has 0 saturated carbocycles. The summed E-state index contributed by atoms with van der Waals surface area (Å²) in [6.07, 6.45) is 9.29. The van der Waals surface area contributed by atoms with Gasteiger partial charge in [-0.15, -0.1) is 6.58 Å². The molecule has 13 heavy (non-hydrogen) atoms. The lowest BCUT2D eigenvalue weighted by Crippen LogP contribution is -2.02. The van der Waals surface area contributed by atoms with Crippen LogP contribution in [0.25, 0.3) is 0 Å². The summed E-state index contributed by atoms with van der Waals surface area (Å²) in [5.74, 6) is 0. The van der Waals surface area contributed by atoms with E-state index in [4.69, 9.17) is 0 Å². The molecule has 1 heteroatoms. The molecule has 0 aliphatic heterocycles. The van der Waals surface area contributed by atoms with Crippen LogP contribution in [0.3, 0.4) is 0 Å². The maximum absolute atomic E-state index is 4.51. The van der Waals surface area contributed by atoms with E-state index in [9.17, 15) is 0 Å². The number of hydrogen-bond donors (Lipinski definition) is 0. The summed E-state index contributed by atoms with van der Waals surface area (Å²) < 4.78 is 0. The number of rotatable bonds is 6. The largest absolute Gasteiger partial charge is 0.290 e. The van der Waals surface area contributed by atoms with E-state index in [0.29, 0.717) is 6.04 Å². The molecular formula is C12H21N. The van der Waals surface area contributed by atoms with E-state index in [1.807, 2.05) is 19.2 Å². The van der Waals surface area contributed by atoms with Gasteiger partial charge in [0.15, 0.2) is 0 Å². The van der Waals surface area contributed by atoms with Crippen LogP contribution < -0.4 is 0 Å². The first-order valence-electron chi connectivity index (χ1n) is 5.01.